The van der Waals surface area contributed by atoms with Gasteiger partial charge in [0.15, 0.2) is 0 Å². The van der Waals surface area contributed by atoms with Crippen molar-refractivity contribution in [2.24, 2.45) is 0 Å². The molecule has 0 fully saturated rings. The summed E-state index contributed by atoms with van der Waals surface area (Å²) in [6.45, 7) is 0. The van der Waals surface area contributed by atoms with Gasteiger partial charge in [0.2, 0.25) is 0 Å². The van der Waals surface area contributed by atoms with Gasteiger partial charge in [-0.3, -0.25) is 4.98 Å². The Morgan fingerprint density at radius 2 is 1.02 bits per heavy atom. The first kappa shape index (κ1) is 23.5. The van der Waals surface area contributed by atoms with Crippen LogP contribution >= 0.6 is 0 Å². The average Bonchev–Trinajstić information content (AvgIpc) is 3.05. The minimum atomic E-state index is -0.258. The molecule has 0 spiro atoms. The molecule has 0 aliphatic heterocycles. The van der Waals surface area contributed by atoms with E-state index in [9.17, 15) is 4.39 Å². The number of hydrogen-bond acceptors (Lipinski definition) is 2. The van der Waals surface area contributed by atoms with Gasteiger partial charge in [-0.1, -0.05) is 91.0 Å². The molecule has 41 heavy (non-hydrogen) atoms. The van der Waals surface area contributed by atoms with Crippen molar-refractivity contribution in [2.45, 2.75) is 0 Å². The number of rotatable bonds is 3. The van der Waals surface area contributed by atoms with Crippen LogP contribution in [0.4, 0.5) is 4.39 Å². The van der Waals surface area contributed by atoms with Crippen molar-refractivity contribution < 1.29 is 4.39 Å². The highest BCUT2D eigenvalue weighted by Crippen LogP contribution is 2.43. The normalized spacial score (nSPS) is 11.5. The lowest BCUT2D eigenvalue weighted by Crippen LogP contribution is -1.93. The molecule has 2 aromatic heterocycles. The van der Waals surface area contributed by atoms with Gasteiger partial charge < -0.3 is 0 Å². The molecular weight excluding hydrogens is 503 g/mol. The molecule has 0 atom stereocenters. The van der Waals surface area contributed by atoms with Crippen molar-refractivity contribution in [1.82, 2.24) is 9.97 Å². The molecule has 0 N–H and O–H groups in total. The highest BCUT2D eigenvalue weighted by molar-refractivity contribution is 6.33. The van der Waals surface area contributed by atoms with Crippen molar-refractivity contribution in [3.63, 3.8) is 0 Å². The Kier molecular flexibility index (Phi) is 5.36. The standard InChI is InChI=1S/C38H23FN2/c39-29-18-15-26(16-19-29)38-37-33-10-4-2-8-31(33)30-7-1-3-9-32(30)36(37)34-20-17-27(22-35(34)41-38)24-11-13-25(14-12-24)28-6-5-21-40-23-28/h1-23H. The van der Waals surface area contributed by atoms with Crippen LogP contribution in [0.3, 0.4) is 0 Å². The molecule has 0 radical (unpaired) electrons. The maximum absolute atomic E-state index is 14.0. The summed E-state index contributed by atoms with van der Waals surface area (Å²) >= 11 is 0. The summed E-state index contributed by atoms with van der Waals surface area (Å²) in [5.74, 6) is -0.258. The van der Waals surface area contributed by atoms with Gasteiger partial charge in [0.05, 0.1) is 11.2 Å². The molecule has 0 amide bonds. The van der Waals surface area contributed by atoms with Crippen LogP contribution in [-0.2, 0) is 0 Å². The zero-order valence-corrected chi connectivity index (χ0v) is 22.1. The van der Waals surface area contributed by atoms with Gasteiger partial charge in [-0.2, -0.15) is 0 Å². The third-order valence-corrected chi connectivity index (χ3v) is 8.00. The Labute approximate surface area is 236 Å². The van der Waals surface area contributed by atoms with Crippen molar-refractivity contribution >= 4 is 43.2 Å². The number of aromatic nitrogens is 2. The number of benzene rings is 6. The van der Waals surface area contributed by atoms with Gasteiger partial charge in [0.25, 0.3) is 0 Å². The average molecular weight is 527 g/mol. The van der Waals surface area contributed by atoms with E-state index in [2.05, 4.69) is 102 Å². The van der Waals surface area contributed by atoms with E-state index >= 15 is 0 Å². The molecule has 0 bridgehead atoms. The molecule has 0 aliphatic carbocycles. The van der Waals surface area contributed by atoms with Gasteiger partial charge in [-0.05, 0) is 80.2 Å². The number of halogens is 1. The van der Waals surface area contributed by atoms with E-state index in [1.165, 1.54) is 33.7 Å². The fourth-order valence-electron chi connectivity index (χ4n) is 6.06. The van der Waals surface area contributed by atoms with Crippen LogP contribution in [0.1, 0.15) is 0 Å². The molecule has 3 heteroatoms. The van der Waals surface area contributed by atoms with Gasteiger partial charge in [-0.15, -0.1) is 0 Å². The van der Waals surface area contributed by atoms with E-state index in [0.717, 1.165) is 55.2 Å². The molecule has 192 valence electrons. The zero-order valence-electron chi connectivity index (χ0n) is 22.1. The van der Waals surface area contributed by atoms with Crippen LogP contribution in [0.5, 0.6) is 0 Å². The van der Waals surface area contributed by atoms with E-state index in [4.69, 9.17) is 4.98 Å². The molecule has 2 heterocycles. The van der Waals surface area contributed by atoms with E-state index < -0.39 is 0 Å². The lowest BCUT2D eigenvalue weighted by molar-refractivity contribution is 0.628. The van der Waals surface area contributed by atoms with E-state index in [-0.39, 0.29) is 5.82 Å². The Bertz CT molecular complexity index is 2240. The van der Waals surface area contributed by atoms with Crippen LogP contribution in [0.15, 0.2) is 140 Å². The van der Waals surface area contributed by atoms with Crippen LogP contribution in [0, 0.1) is 5.82 Å². The predicted molar refractivity (Wildman–Crippen MR) is 168 cm³/mol. The molecular formula is C38H23FN2. The fourth-order valence-corrected chi connectivity index (χ4v) is 6.06. The summed E-state index contributed by atoms with van der Waals surface area (Å²) in [5, 5.41) is 8.09. The molecule has 2 nitrogen and oxygen atoms in total. The minimum Gasteiger partial charge on any atom is -0.264 e. The first-order valence-corrected chi connectivity index (χ1v) is 13.7. The maximum atomic E-state index is 14.0. The Morgan fingerprint density at radius 3 is 1.68 bits per heavy atom. The summed E-state index contributed by atoms with van der Waals surface area (Å²) in [4.78, 5) is 9.53. The first-order chi connectivity index (χ1) is 20.2. The second kappa shape index (κ2) is 9.35. The molecule has 8 aromatic rings. The quantitative estimate of drug-likeness (QED) is 0.214. The zero-order chi connectivity index (χ0) is 27.3. The number of hydrogen-bond donors (Lipinski definition) is 0. The highest BCUT2D eigenvalue weighted by atomic mass is 19.1. The minimum absolute atomic E-state index is 0.258. The molecule has 0 unspecified atom stereocenters. The first-order valence-electron chi connectivity index (χ1n) is 13.7. The van der Waals surface area contributed by atoms with E-state index in [1.54, 1.807) is 6.20 Å². The number of fused-ring (bicyclic) bond motifs is 8. The number of pyridine rings is 2. The summed E-state index contributed by atoms with van der Waals surface area (Å²) in [6.07, 6.45) is 3.67. The van der Waals surface area contributed by atoms with Crippen molar-refractivity contribution in [2.75, 3.05) is 0 Å². The summed E-state index contributed by atoms with van der Waals surface area (Å²) < 4.78 is 14.0. The molecule has 8 rings (SSSR count). The predicted octanol–water partition coefficient (Wildman–Crippen LogP) is 10.2. The Morgan fingerprint density at radius 1 is 0.439 bits per heavy atom. The van der Waals surface area contributed by atoms with Crippen LogP contribution in [-0.4, -0.2) is 9.97 Å². The summed E-state index contributed by atoms with van der Waals surface area (Å²) in [6, 6.07) is 42.9. The lowest BCUT2D eigenvalue weighted by atomic mass is 9.89. The Hall–Kier alpha value is -5.41. The van der Waals surface area contributed by atoms with Gasteiger partial charge in [0.1, 0.15) is 5.82 Å². The third kappa shape index (κ3) is 3.86. The monoisotopic (exact) mass is 526 g/mol. The molecule has 6 aromatic carbocycles. The fraction of sp³-hybridized carbons (Fsp3) is 0. The van der Waals surface area contributed by atoms with Crippen molar-refractivity contribution in [3.8, 4) is 33.5 Å². The number of nitrogens with zero attached hydrogens (tertiary/aromatic N) is 2. The van der Waals surface area contributed by atoms with Crippen molar-refractivity contribution in [1.29, 1.82) is 0 Å². The second-order valence-electron chi connectivity index (χ2n) is 10.4. The van der Waals surface area contributed by atoms with Gasteiger partial charge in [0, 0.05) is 34.1 Å². The SMILES string of the molecule is Fc1ccc(-c2nc3cc(-c4ccc(-c5cccnc5)cc4)ccc3c3c4ccccc4c4ccccc4c23)cc1. The summed E-state index contributed by atoms with van der Waals surface area (Å²) in [5.41, 5.74) is 7.09. The van der Waals surface area contributed by atoms with Crippen LogP contribution in [0.25, 0.3) is 76.7 Å². The van der Waals surface area contributed by atoms with Crippen LogP contribution < -0.4 is 0 Å². The molecule has 0 saturated heterocycles. The van der Waals surface area contributed by atoms with Gasteiger partial charge >= 0.3 is 0 Å². The smallest absolute Gasteiger partial charge is 0.123 e. The second-order valence-corrected chi connectivity index (χ2v) is 10.4. The highest BCUT2D eigenvalue weighted by Gasteiger charge is 2.18. The maximum Gasteiger partial charge on any atom is 0.123 e. The van der Waals surface area contributed by atoms with Crippen molar-refractivity contribution in [3.05, 3.63) is 146 Å². The lowest BCUT2D eigenvalue weighted by Gasteiger charge is -2.17. The Balaban J connectivity index is 1.43. The van der Waals surface area contributed by atoms with E-state index in [1.807, 2.05) is 24.4 Å². The third-order valence-electron chi connectivity index (χ3n) is 8.00. The van der Waals surface area contributed by atoms with E-state index in [0.29, 0.717) is 0 Å². The largest absolute Gasteiger partial charge is 0.264 e. The molecule has 0 saturated carbocycles. The topological polar surface area (TPSA) is 25.8 Å². The van der Waals surface area contributed by atoms with Crippen LogP contribution in [0.2, 0.25) is 0 Å². The summed E-state index contributed by atoms with van der Waals surface area (Å²) in [7, 11) is 0. The molecule has 0 aliphatic rings. The van der Waals surface area contributed by atoms with Gasteiger partial charge in [-0.25, -0.2) is 9.37 Å².